The quantitative estimate of drug-likeness (QED) is 0.576. The molecular weight excluding hydrogens is 313 g/mol. The molecule has 0 aromatic rings. The molecule has 6 heteroatoms. The fourth-order valence-corrected chi connectivity index (χ4v) is 0. The summed E-state index contributed by atoms with van der Waals surface area (Å²) < 4.78 is 0. The Morgan fingerprint density at radius 1 is 1.00 bits per heavy atom. The minimum atomic E-state index is -0.833. The van der Waals surface area contributed by atoms with Crippen molar-refractivity contribution in [3.63, 3.8) is 0 Å². The van der Waals surface area contributed by atoms with Crippen LogP contribution >= 0.6 is 0 Å². The predicted molar refractivity (Wildman–Crippen MR) is 35.2 cm³/mol. The summed E-state index contributed by atoms with van der Waals surface area (Å²) in [6.45, 7) is 2.17. The molecule has 0 bridgehead atoms. The van der Waals surface area contributed by atoms with Crippen LogP contribution in [0, 0.1) is 0 Å². The summed E-state index contributed by atoms with van der Waals surface area (Å²) >= 11 is 0. The number of hydrogen-bond donors (Lipinski definition) is 2. The second-order valence-electron chi connectivity index (χ2n) is 1.04. The van der Waals surface area contributed by atoms with Crippen molar-refractivity contribution in [1.29, 1.82) is 0 Å². The predicted octanol–water partition coefficient (Wildman–Crippen LogP) is -0.737. The molecule has 0 aliphatic carbocycles. The molecule has 0 heterocycles. The van der Waals surface area contributed by atoms with Crippen LogP contribution in [0.15, 0.2) is 0 Å². The molecule has 0 fully saturated rings. The number of carboxylic acid groups (broad SMARTS) is 2. The van der Waals surface area contributed by atoms with Crippen LogP contribution in [0.5, 0.6) is 0 Å². The van der Waals surface area contributed by atoms with Gasteiger partial charge in [-0.2, -0.15) is 0 Å². The van der Waals surface area contributed by atoms with E-state index in [2.05, 4.69) is 0 Å². The van der Waals surface area contributed by atoms with Crippen LogP contribution in [0.1, 0.15) is 13.8 Å². The zero-order valence-electron chi connectivity index (χ0n) is 5.01. The molecule has 0 spiro atoms. The molecule has 0 atom stereocenters. The van der Waals surface area contributed by atoms with Crippen molar-refractivity contribution in [2.45, 2.75) is 13.8 Å². The van der Waals surface area contributed by atoms with Crippen LogP contribution in [0.3, 0.4) is 0 Å². The van der Waals surface area contributed by atoms with E-state index in [1.54, 1.807) is 0 Å². The van der Waals surface area contributed by atoms with E-state index in [9.17, 15) is 0 Å². The van der Waals surface area contributed by atoms with Crippen LogP contribution in [-0.2, 0) is 26.7 Å². The Morgan fingerprint density at radius 2 is 1.00 bits per heavy atom. The van der Waals surface area contributed by atoms with Crippen LogP contribution in [0.25, 0.3) is 0 Å². The second kappa shape index (κ2) is 16.5. The van der Waals surface area contributed by atoms with Gasteiger partial charge in [-0.05, 0) is 0 Å². The third-order valence-electron chi connectivity index (χ3n) is 0. The molecular formula is C4H10BaCuO4. The van der Waals surface area contributed by atoms with Crippen molar-refractivity contribution in [3.05, 3.63) is 0 Å². The Morgan fingerprint density at radius 3 is 1.00 bits per heavy atom. The molecule has 2 N–H and O–H groups in total. The largest absolute Gasteiger partial charge is 0 e. The molecule has 0 saturated carbocycles. The first-order chi connectivity index (χ1) is 3.46. The molecule has 0 rings (SSSR count). The SMILES string of the molecule is CC(=O)O.CC(=O)O.[BaH2].[Cu]. The average Bonchev–Trinajstić information content (AvgIpc) is 1.25. The molecule has 0 saturated heterocycles. The Labute approximate surface area is 110 Å². The fraction of sp³-hybridized carbons (Fsp3) is 0.500. The van der Waals surface area contributed by atoms with E-state index < -0.39 is 11.9 Å². The molecule has 0 aromatic carbocycles. The van der Waals surface area contributed by atoms with Crippen molar-refractivity contribution in [1.82, 2.24) is 0 Å². The minimum Gasteiger partial charge on any atom is 0 e. The van der Waals surface area contributed by atoms with E-state index in [0.717, 1.165) is 13.8 Å². The normalized spacial score (nSPS) is 5.00. The summed E-state index contributed by atoms with van der Waals surface area (Å²) in [7, 11) is 0. The van der Waals surface area contributed by atoms with Gasteiger partial charge in [0, 0.05) is 30.9 Å². The van der Waals surface area contributed by atoms with Gasteiger partial charge in [0.25, 0.3) is 11.9 Å². The Bertz CT molecular complexity index is 75.3. The molecule has 4 nitrogen and oxygen atoms in total. The van der Waals surface area contributed by atoms with Crippen LogP contribution in [-0.4, -0.2) is 71.0 Å². The maximum Gasteiger partial charge on any atom is 0 e. The first kappa shape index (κ1) is 22.5. The number of carboxylic acids is 2. The van der Waals surface area contributed by atoms with Crippen molar-refractivity contribution in [2.75, 3.05) is 0 Å². The van der Waals surface area contributed by atoms with E-state index in [0.29, 0.717) is 0 Å². The van der Waals surface area contributed by atoms with Gasteiger partial charge in [0.15, 0.2) is 0 Å². The van der Waals surface area contributed by atoms with Crippen molar-refractivity contribution >= 4 is 60.8 Å². The van der Waals surface area contributed by atoms with Crippen LogP contribution in [0.4, 0.5) is 0 Å². The summed E-state index contributed by atoms with van der Waals surface area (Å²) in [6.07, 6.45) is 0. The van der Waals surface area contributed by atoms with E-state index >= 15 is 0 Å². The van der Waals surface area contributed by atoms with Crippen molar-refractivity contribution in [3.8, 4) is 0 Å². The molecule has 0 amide bonds. The van der Waals surface area contributed by atoms with Crippen LogP contribution < -0.4 is 0 Å². The van der Waals surface area contributed by atoms with Gasteiger partial charge in [-0.25, -0.2) is 0 Å². The van der Waals surface area contributed by atoms with Gasteiger partial charge in [0.2, 0.25) is 0 Å². The number of aliphatic carboxylic acids is 2. The molecule has 1 radical (unpaired) electrons. The molecule has 10 heavy (non-hydrogen) atoms. The number of rotatable bonds is 0. The van der Waals surface area contributed by atoms with Crippen molar-refractivity contribution in [2.24, 2.45) is 0 Å². The van der Waals surface area contributed by atoms with Gasteiger partial charge < -0.3 is 10.2 Å². The number of hydrogen-bond acceptors (Lipinski definition) is 2. The minimum absolute atomic E-state index is 0. The van der Waals surface area contributed by atoms with Gasteiger partial charge in [0.1, 0.15) is 0 Å². The van der Waals surface area contributed by atoms with Crippen LogP contribution in [0.2, 0.25) is 0 Å². The molecule has 0 aliphatic heterocycles. The third-order valence-corrected chi connectivity index (χ3v) is 0. The third kappa shape index (κ3) is 548. The van der Waals surface area contributed by atoms with Gasteiger partial charge >= 0.3 is 48.9 Å². The van der Waals surface area contributed by atoms with E-state index in [1.807, 2.05) is 0 Å². The summed E-state index contributed by atoms with van der Waals surface area (Å²) in [6, 6.07) is 0. The van der Waals surface area contributed by atoms with E-state index in [1.165, 1.54) is 0 Å². The van der Waals surface area contributed by atoms with Gasteiger partial charge in [-0.3, -0.25) is 9.59 Å². The summed E-state index contributed by atoms with van der Waals surface area (Å²) in [5, 5.41) is 14.8. The molecule has 0 aliphatic rings. The maximum atomic E-state index is 9.00. The Kier molecular flexibility index (Phi) is 37.2. The molecule has 63 valence electrons. The van der Waals surface area contributed by atoms with E-state index in [-0.39, 0.29) is 65.9 Å². The Hall–Kier alpha value is 1.03. The molecule has 0 aromatic heterocycles. The van der Waals surface area contributed by atoms with Crippen molar-refractivity contribution < 1.29 is 36.9 Å². The first-order valence-corrected chi connectivity index (χ1v) is 1.86. The first-order valence-electron chi connectivity index (χ1n) is 1.86. The standard InChI is InChI=1S/2C2H4O2.Ba.Cu.2H/c2*1-2(3)4;;;;/h2*1H3,(H,3,4);;;;. The zero-order chi connectivity index (χ0) is 7.15. The summed E-state index contributed by atoms with van der Waals surface area (Å²) in [5.41, 5.74) is 0. The maximum absolute atomic E-state index is 9.00. The topological polar surface area (TPSA) is 74.6 Å². The molecule has 0 unspecified atom stereocenters. The second-order valence-corrected chi connectivity index (χ2v) is 1.04. The summed E-state index contributed by atoms with van der Waals surface area (Å²) in [4.78, 5) is 18.0. The van der Waals surface area contributed by atoms with Gasteiger partial charge in [-0.1, -0.05) is 0 Å². The van der Waals surface area contributed by atoms with Gasteiger partial charge in [-0.15, -0.1) is 0 Å². The summed E-state index contributed by atoms with van der Waals surface area (Å²) in [5.74, 6) is -1.67. The number of carbonyl (C=O) groups is 2. The smallest absolute Gasteiger partial charge is 0 e. The van der Waals surface area contributed by atoms with Gasteiger partial charge in [0.05, 0.1) is 0 Å². The fourth-order valence-electron chi connectivity index (χ4n) is 0. The Balaban J connectivity index is -0.0000000300. The zero-order valence-corrected chi connectivity index (χ0v) is 5.95. The van der Waals surface area contributed by atoms with E-state index in [4.69, 9.17) is 19.8 Å². The monoisotopic (exact) mass is 323 g/mol. The average molecular weight is 323 g/mol.